The third-order valence-electron chi connectivity index (χ3n) is 11.2. The Morgan fingerprint density at radius 2 is 0.826 bits per heavy atom. The van der Waals surface area contributed by atoms with Crippen molar-refractivity contribution >= 4 is 42.2 Å². The molecule has 4 aromatic carbocycles. The molecule has 0 N–H and O–H groups in total. The van der Waals surface area contributed by atoms with Gasteiger partial charge in [0.1, 0.15) is 0 Å². The Hall–Kier alpha value is -3.35. The van der Waals surface area contributed by atoms with Crippen molar-refractivity contribution in [2.75, 3.05) is 4.90 Å². The molecule has 0 amide bonds. The fraction of sp³-hybridized carbons (Fsp3) is 0.385. The molecule has 0 spiro atoms. The number of benzene rings is 4. The quantitative estimate of drug-likeness (QED) is 0.213. The van der Waals surface area contributed by atoms with E-state index < -0.39 is 36.6 Å². The molecule has 7 heteroatoms. The van der Waals surface area contributed by atoms with Gasteiger partial charge in [0.2, 0.25) is 0 Å². The highest BCUT2D eigenvalue weighted by atomic mass is 16.7. The molecule has 0 radical (unpaired) electrons. The first-order valence-corrected chi connectivity index (χ1v) is 16.5. The topological polar surface area (TPSA) is 40.2 Å². The molecular formula is C39H45B2NO4. The van der Waals surface area contributed by atoms with Gasteiger partial charge in [-0.3, -0.25) is 0 Å². The van der Waals surface area contributed by atoms with Crippen LogP contribution in [-0.2, 0) is 24.0 Å². The molecule has 4 aromatic rings. The van der Waals surface area contributed by atoms with Gasteiger partial charge in [0, 0.05) is 22.5 Å². The van der Waals surface area contributed by atoms with Gasteiger partial charge in [-0.05, 0) is 125 Å². The molecule has 7 rings (SSSR count). The summed E-state index contributed by atoms with van der Waals surface area (Å²) in [6, 6.07) is 32.8. The van der Waals surface area contributed by atoms with E-state index in [-0.39, 0.29) is 5.41 Å². The van der Waals surface area contributed by atoms with Crippen molar-refractivity contribution in [1.29, 1.82) is 0 Å². The van der Waals surface area contributed by atoms with Crippen molar-refractivity contribution in [3.63, 3.8) is 0 Å². The van der Waals surface area contributed by atoms with Gasteiger partial charge in [0.25, 0.3) is 0 Å². The van der Waals surface area contributed by atoms with E-state index in [2.05, 4.69) is 165 Å². The molecule has 46 heavy (non-hydrogen) atoms. The average Bonchev–Trinajstić information content (AvgIpc) is 3.47. The zero-order valence-corrected chi connectivity index (χ0v) is 28.9. The lowest BCUT2D eigenvalue weighted by Crippen LogP contribution is -2.41. The van der Waals surface area contributed by atoms with Gasteiger partial charge in [0.05, 0.1) is 22.4 Å². The first kappa shape index (κ1) is 31.3. The molecule has 5 nitrogen and oxygen atoms in total. The van der Waals surface area contributed by atoms with Crippen molar-refractivity contribution in [3.8, 4) is 11.1 Å². The van der Waals surface area contributed by atoms with Crippen LogP contribution in [0.4, 0.5) is 17.1 Å². The highest BCUT2D eigenvalue weighted by molar-refractivity contribution is 6.62. The monoisotopic (exact) mass is 613 g/mol. The van der Waals surface area contributed by atoms with E-state index >= 15 is 0 Å². The summed E-state index contributed by atoms with van der Waals surface area (Å²) in [7, 11) is -0.822. The van der Waals surface area contributed by atoms with Crippen LogP contribution in [0.2, 0.25) is 0 Å². The first-order chi connectivity index (χ1) is 21.5. The standard InChI is InChI=1S/C39H45B2NO4/c1-35(2)33-14-12-11-13-31(33)32-24-23-30(25-34(32)35)42(28-19-15-26(16-20-28)40-43-36(3,4)37(5,6)44-40)29-21-17-27(18-22-29)41-45-38(7,8)39(9,10)46-41/h11-25H,1-10H3. The minimum absolute atomic E-state index is 0.102. The third-order valence-corrected chi connectivity index (χ3v) is 11.2. The van der Waals surface area contributed by atoms with Crippen LogP contribution < -0.4 is 15.8 Å². The second-order valence-corrected chi connectivity index (χ2v) is 15.6. The lowest BCUT2D eigenvalue weighted by molar-refractivity contribution is 0.00578. The molecule has 0 unspecified atom stereocenters. The summed E-state index contributed by atoms with van der Waals surface area (Å²) in [5.74, 6) is 0. The SMILES string of the molecule is CC1(C)c2ccccc2-c2ccc(N(c3ccc(B4OC(C)(C)C(C)(C)O4)cc3)c3ccc(B4OC(C)(C)C(C)(C)O4)cc3)cc21. The van der Waals surface area contributed by atoms with Gasteiger partial charge in [-0.1, -0.05) is 68.4 Å². The summed E-state index contributed by atoms with van der Waals surface area (Å²) in [4.78, 5) is 2.32. The molecule has 0 atom stereocenters. The maximum absolute atomic E-state index is 6.36. The fourth-order valence-corrected chi connectivity index (χ4v) is 6.80. The summed E-state index contributed by atoms with van der Waals surface area (Å²) >= 11 is 0. The van der Waals surface area contributed by atoms with E-state index in [0.29, 0.717) is 0 Å². The molecule has 0 bridgehead atoms. The zero-order valence-electron chi connectivity index (χ0n) is 28.9. The molecular weight excluding hydrogens is 568 g/mol. The smallest absolute Gasteiger partial charge is 0.399 e. The summed E-state index contributed by atoms with van der Waals surface area (Å²) in [5.41, 5.74) is 8.86. The van der Waals surface area contributed by atoms with Crippen molar-refractivity contribution < 1.29 is 18.6 Å². The van der Waals surface area contributed by atoms with Crippen molar-refractivity contribution in [3.05, 3.63) is 102 Å². The second-order valence-electron chi connectivity index (χ2n) is 15.6. The summed E-state index contributed by atoms with van der Waals surface area (Å²) in [6.07, 6.45) is 0. The Balaban J connectivity index is 1.27. The first-order valence-electron chi connectivity index (χ1n) is 16.5. The Morgan fingerprint density at radius 3 is 1.28 bits per heavy atom. The Bertz CT molecular complexity index is 1680. The van der Waals surface area contributed by atoms with Crippen molar-refractivity contribution in [2.24, 2.45) is 0 Å². The largest absolute Gasteiger partial charge is 0.494 e. The normalized spacial score (nSPS) is 21.3. The maximum Gasteiger partial charge on any atom is 0.494 e. The van der Waals surface area contributed by atoms with Crippen LogP contribution in [0.3, 0.4) is 0 Å². The average molecular weight is 613 g/mol. The molecule has 3 aliphatic rings. The molecule has 0 saturated carbocycles. The summed E-state index contributed by atoms with van der Waals surface area (Å²) in [6.45, 7) is 21.3. The van der Waals surface area contributed by atoms with Crippen LogP contribution in [0, 0.1) is 0 Å². The number of rotatable bonds is 5. The highest BCUT2D eigenvalue weighted by Crippen LogP contribution is 2.50. The van der Waals surface area contributed by atoms with Crippen LogP contribution in [0.5, 0.6) is 0 Å². The van der Waals surface area contributed by atoms with Gasteiger partial charge in [-0.2, -0.15) is 0 Å². The van der Waals surface area contributed by atoms with Crippen LogP contribution in [-0.4, -0.2) is 36.6 Å². The number of nitrogens with zero attached hydrogens (tertiary/aromatic N) is 1. The number of fused-ring (bicyclic) bond motifs is 3. The molecule has 0 aromatic heterocycles. The summed E-state index contributed by atoms with van der Waals surface area (Å²) < 4.78 is 25.4. The van der Waals surface area contributed by atoms with Gasteiger partial charge >= 0.3 is 14.2 Å². The zero-order chi connectivity index (χ0) is 32.9. The highest BCUT2D eigenvalue weighted by Gasteiger charge is 2.52. The van der Waals surface area contributed by atoms with Crippen LogP contribution in [0.25, 0.3) is 11.1 Å². The van der Waals surface area contributed by atoms with Crippen LogP contribution in [0.15, 0.2) is 91.0 Å². The van der Waals surface area contributed by atoms with E-state index in [1.165, 1.54) is 22.3 Å². The molecule has 1 aliphatic carbocycles. The molecule has 2 saturated heterocycles. The Kier molecular flexibility index (Phi) is 7.02. The maximum atomic E-state index is 6.36. The summed E-state index contributed by atoms with van der Waals surface area (Å²) in [5, 5.41) is 0. The minimum Gasteiger partial charge on any atom is -0.399 e. The lowest BCUT2D eigenvalue weighted by Gasteiger charge is -2.32. The number of hydrogen-bond acceptors (Lipinski definition) is 5. The lowest BCUT2D eigenvalue weighted by atomic mass is 9.79. The Labute approximate surface area is 275 Å². The van der Waals surface area contributed by atoms with Crippen LogP contribution in [0.1, 0.15) is 80.4 Å². The van der Waals surface area contributed by atoms with E-state index in [4.69, 9.17) is 18.6 Å². The third kappa shape index (κ3) is 4.86. The predicted octanol–water partition coefficient (Wildman–Crippen LogP) is 8.06. The fourth-order valence-electron chi connectivity index (χ4n) is 6.80. The Morgan fingerprint density at radius 1 is 0.435 bits per heavy atom. The van der Waals surface area contributed by atoms with Gasteiger partial charge in [-0.15, -0.1) is 0 Å². The predicted molar refractivity (Wildman–Crippen MR) is 190 cm³/mol. The van der Waals surface area contributed by atoms with Crippen LogP contribution >= 0.6 is 0 Å². The van der Waals surface area contributed by atoms with Gasteiger partial charge in [-0.25, -0.2) is 0 Å². The van der Waals surface area contributed by atoms with E-state index in [1.54, 1.807) is 0 Å². The number of anilines is 3. The molecule has 2 fully saturated rings. The molecule has 2 aliphatic heterocycles. The van der Waals surface area contributed by atoms with Gasteiger partial charge < -0.3 is 23.5 Å². The molecule has 2 heterocycles. The van der Waals surface area contributed by atoms with Crippen molar-refractivity contribution in [1.82, 2.24) is 0 Å². The van der Waals surface area contributed by atoms with Crippen molar-refractivity contribution in [2.45, 2.75) is 97.1 Å². The minimum atomic E-state index is -0.411. The van der Waals surface area contributed by atoms with Gasteiger partial charge in [0.15, 0.2) is 0 Å². The van der Waals surface area contributed by atoms with E-state index in [1.807, 2.05) is 0 Å². The number of hydrogen-bond donors (Lipinski definition) is 0. The van der Waals surface area contributed by atoms with E-state index in [0.717, 1.165) is 28.0 Å². The second kappa shape index (κ2) is 10.3. The molecule has 236 valence electrons. The van der Waals surface area contributed by atoms with E-state index in [9.17, 15) is 0 Å².